The number of piperidine rings is 1. The molecule has 176 valence electrons. The average Bonchev–Trinajstić information content (AvgIpc) is 3.41. The fraction of sp³-hybridized carbons (Fsp3) is 0.308. The van der Waals surface area contributed by atoms with Crippen LogP contribution in [0.15, 0.2) is 71.5 Å². The summed E-state index contributed by atoms with van der Waals surface area (Å²) in [5.74, 6) is 1.12. The summed E-state index contributed by atoms with van der Waals surface area (Å²) < 4.78 is 21.4. The van der Waals surface area contributed by atoms with E-state index in [0.29, 0.717) is 24.6 Å². The number of rotatable bonds is 5. The van der Waals surface area contributed by atoms with Crippen molar-refractivity contribution in [3.8, 4) is 11.4 Å². The first-order valence-electron chi connectivity index (χ1n) is 11.3. The van der Waals surface area contributed by atoms with Crippen molar-refractivity contribution >= 4 is 11.9 Å². The highest BCUT2D eigenvalue weighted by molar-refractivity contribution is 6.03. The smallest absolute Gasteiger partial charge is 0.260 e. The summed E-state index contributed by atoms with van der Waals surface area (Å²) in [4.78, 5) is 12.2. The van der Waals surface area contributed by atoms with Crippen LogP contribution in [0.1, 0.15) is 36.7 Å². The predicted octanol–water partition coefficient (Wildman–Crippen LogP) is 4.57. The maximum atomic E-state index is 13.4. The third-order valence-electron chi connectivity index (χ3n) is 6.49. The van der Waals surface area contributed by atoms with E-state index in [4.69, 9.17) is 9.57 Å². The van der Waals surface area contributed by atoms with Crippen molar-refractivity contribution in [3.05, 3.63) is 83.3 Å². The van der Waals surface area contributed by atoms with Crippen molar-refractivity contribution in [1.29, 1.82) is 0 Å². The maximum Gasteiger partial charge on any atom is 0.260 e. The highest BCUT2D eigenvalue weighted by atomic mass is 19.1. The number of imidazole rings is 1. The lowest BCUT2D eigenvalue weighted by molar-refractivity contribution is -0.0990. The number of halogens is 1. The van der Waals surface area contributed by atoms with Crippen LogP contribution in [0.5, 0.6) is 5.75 Å². The monoisotopic (exact) mass is 462 g/mol. The van der Waals surface area contributed by atoms with Gasteiger partial charge >= 0.3 is 0 Å². The molecule has 3 aliphatic rings. The second kappa shape index (κ2) is 8.61. The third-order valence-corrected chi connectivity index (χ3v) is 6.49. The molecular weight excluding hydrogens is 435 g/mol. The molecule has 8 heteroatoms. The largest absolute Gasteiger partial charge is 0.485 e. The molecule has 1 aromatic heterocycles. The zero-order chi connectivity index (χ0) is 23.9. The second-order valence-corrected chi connectivity index (χ2v) is 8.62. The number of aliphatic hydroxyl groups is 1. The van der Waals surface area contributed by atoms with Crippen LogP contribution in [0.25, 0.3) is 11.8 Å². The minimum absolute atomic E-state index is 0.344. The number of ether oxygens (including phenoxy) is 1. The lowest BCUT2D eigenvalue weighted by Crippen LogP contribution is -2.54. The van der Waals surface area contributed by atoms with Gasteiger partial charge in [-0.2, -0.15) is 0 Å². The molecule has 0 radical (unpaired) electrons. The van der Waals surface area contributed by atoms with Gasteiger partial charge in [0.25, 0.3) is 5.72 Å². The topological polar surface area (TPSA) is 72.1 Å². The van der Waals surface area contributed by atoms with Crippen LogP contribution in [0.4, 0.5) is 4.39 Å². The molecule has 0 aliphatic carbocycles. The third kappa shape index (κ3) is 3.54. The van der Waals surface area contributed by atoms with E-state index >= 15 is 0 Å². The van der Waals surface area contributed by atoms with Gasteiger partial charge in [0.15, 0.2) is 5.84 Å². The summed E-state index contributed by atoms with van der Waals surface area (Å²) in [7, 11) is 0. The summed E-state index contributed by atoms with van der Waals surface area (Å²) in [5, 5.41) is 14.7. The van der Waals surface area contributed by atoms with E-state index in [1.54, 1.807) is 12.2 Å². The van der Waals surface area contributed by atoms with E-state index in [2.05, 4.69) is 27.4 Å². The number of hydrogen-bond donors (Lipinski definition) is 1. The fourth-order valence-electron chi connectivity index (χ4n) is 4.69. The number of aromatic nitrogens is 2. The summed E-state index contributed by atoms with van der Waals surface area (Å²) in [6.45, 7) is 7.96. The summed E-state index contributed by atoms with van der Waals surface area (Å²) >= 11 is 0. The number of allylic oxidation sites excluding steroid dienone is 3. The first-order chi connectivity index (χ1) is 16.5. The van der Waals surface area contributed by atoms with Gasteiger partial charge in [0.1, 0.15) is 19.0 Å². The standard InChI is InChI=1S/C26H27FN4O3/c1-4-21(9-7-17(2)27)26(15-32)31-11-5-6-20(25(31)29-34-26)12-19-8-10-22-24(13-19)33-14-23-18(3)28-16-30(22)23/h4,7-10,12-13,16,32H,1,5-6,11,14-15H2,2-3H3/b17-7+,20-12+,21-9+/t26-/m0/s1. The van der Waals surface area contributed by atoms with Crippen molar-refractivity contribution in [2.75, 3.05) is 13.2 Å². The van der Waals surface area contributed by atoms with Crippen molar-refractivity contribution in [3.63, 3.8) is 0 Å². The number of fused-ring (bicyclic) bond motifs is 4. The molecule has 4 heterocycles. The van der Waals surface area contributed by atoms with E-state index < -0.39 is 5.72 Å². The van der Waals surface area contributed by atoms with Crippen LogP contribution >= 0.6 is 0 Å². The van der Waals surface area contributed by atoms with E-state index in [0.717, 1.165) is 46.8 Å². The summed E-state index contributed by atoms with van der Waals surface area (Å²) in [5.41, 5.74) is 4.29. The Balaban J connectivity index is 1.47. The average molecular weight is 463 g/mol. The molecule has 1 atom stereocenters. The summed E-state index contributed by atoms with van der Waals surface area (Å²) in [6.07, 6.45) is 10.0. The van der Waals surface area contributed by atoms with Crippen LogP contribution < -0.4 is 4.74 Å². The molecular formula is C26H27FN4O3. The predicted molar refractivity (Wildman–Crippen MR) is 128 cm³/mol. The number of benzene rings is 1. The van der Waals surface area contributed by atoms with Gasteiger partial charge in [0.05, 0.1) is 29.2 Å². The Bertz CT molecular complexity index is 1270. The summed E-state index contributed by atoms with van der Waals surface area (Å²) in [6, 6.07) is 6.08. The number of aryl methyl sites for hydroxylation is 1. The molecule has 1 saturated heterocycles. The van der Waals surface area contributed by atoms with Crippen LogP contribution in [-0.2, 0) is 11.4 Å². The zero-order valence-electron chi connectivity index (χ0n) is 19.3. The molecule has 0 saturated carbocycles. The minimum Gasteiger partial charge on any atom is -0.485 e. The van der Waals surface area contributed by atoms with Crippen molar-refractivity contribution < 1.29 is 19.1 Å². The zero-order valence-corrected chi connectivity index (χ0v) is 19.3. The van der Waals surface area contributed by atoms with Gasteiger partial charge in [0.2, 0.25) is 0 Å². The Kier molecular flexibility index (Phi) is 5.61. The second-order valence-electron chi connectivity index (χ2n) is 8.62. The van der Waals surface area contributed by atoms with Gasteiger partial charge in [-0.15, -0.1) is 0 Å². The highest BCUT2D eigenvalue weighted by Crippen LogP contribution is 2.39. The molecule has 7 nitrogen and oxygen atoms in total. The Morgan fingerprint density at radius 3 is 2.97 bits per heavy atom. The highest BCUT2D eigenvalue weighted by Gasteiger charge is 2.49. The Labute approximate surface area is 197 Å². The van der Waals surface area contributed by atoms with E-state index in [-0.39, 0.29) is 12.4 Å². The van der Waals surface area contributed by atoms with Gasteiger partial charge in [-0.1, -0.05) is 30.0 Å². The van der Waals surface area contributed by atoms with Crippen molar-refractivity contribution in [1.82, 2.24) is 14.5 Å². The van der Waals surface area contributed by atoms with Gasteiger partial charge in [-0.25, -0.2) is 9.37 Å². The number of amidine groups is 1. The Morgan fingerprint density at radius 2 is 2.21 bits per heavy atom. The molecule has 0 spiro atoms. The van der Waals surface area contributed by atoms with Gasteiger partial charge < -0.3 is 19.6 Å². The fourth-order valence-corrected chi connectivity index (χ4v) is 4.69. The van der Waals surface area contributed by atoms with E-state index in [1.807, 2.05) is 36.4 Å². The first-order valence-corrected chi connectivity index (χ1v) is 11.3. The number of hydrogen-bond acceptors (Lipinski definition) is 6. The molecule has 3 aliphatic heterocycles. The van der Waals surface area contributed by atoms with E-state index in [1.165, 1.54) is 13.0 Å². The molecule has 1 N–H and O–H groups in total. The molecule has 1 fully saturated rings. The normalized spacial score (nSPS) is 23.0. The molecule has 34 heavy (non-hydrogen) atoms. The van der Waals surface area contributed by atoms with Crippen LogP contribution in [0.3, 0.4) is 0 Å². The SMILES string of the molecule is C=C/C(=C\C=C(/C)F)[C@]1(CO)ON=C2/C(=C/c3ccc4c(c3)OCc3c(C)ncn3-4)CCCN21. The minimum atomic E-state index is -1.23. The van der Waals surface area contributed by atoms with E-state index in [9.17, 15) is 9.50 Å². The van der Waals surface area contributed by atoms with Gasteiger partial charge in [-0.3, -0.25) is 4.57 Å². The van der Waals surface area contributed by atoms with Gasteiger partial charge in [0, 0.05) is 12.1 Å². The molecule has 0 amide bonds. The number of aliphatic hydroxyl groups excluding tert-OH is 1. The van der Waals surface area contributed by atoms with Crippen molar-refractivity contribution in [2.24, 2.45) is 5.16 Å². The van der Waals surface area contributed by atoms with Crippen molar-refractivity contribution in [2.45, 2.75) is 39.0 Å². The molecule has 1 aromatic carbocycles. The number of oxime groups is 1. The maximum absolute atomic E-state index is 13.4. The Morgan fingerprint density at radius 1 is 1.35 bits per heavy atom. The molecule has 0 unspecified atom stereocenters. The molecule has 5 rings (SSSR count). The van der Waals surface area contributed by atoms with Crippen LogP contribution in [0, 0.1) is 6.92 Å². The number of nitrogens with zero attached hydrogens (tertiary/aromatic N) is 4. The Hall–Kier alpha value is -3.65. The lowest BCUT2D eigenvalue weighted by atomic mass is 9.94. The quantitative estimate of drug-likeness (QED) is 0.659. The van der Waals surface area contributed by atoms with Crippen LogP contribution in [-0.4, -0.2) is 44.3 Å². The lowest BCUT2D eigenvalue weighted by Gasteiger charge is -2.39. The first kappa shape index (κ1) is 22.2. The molecule has 2 aromatic rings. The van der Waals surface area contributed by atoms with Crippen LogP contribution in [0.2, 0.25) is 0 Å². The van der Waals surface area contributed by atoms with Gasteiger partial charge in [-0.05, 0) is 62.1 Å². The molecule has 0 bridgehead atoms.